The van der Waals surface area contributed by atoms with Crippen LogP contribution in [-0.4, -0.2) is 17.5 Å². The van der Waals surface area contributed by atoms with Gasteiger partial charge in [0.2, 0.25) is 5.91 Å². The number of carbonyl (C=O) groups is 2. The smallest absolute Gasteiger partial charge is 0.275 e. The zero-order valence-corrected chi connectivity index (χ0v) is 16.9. The number of para-hydroxylation sites is 1. The van der Waals surface area contributed by atoms with Gasteiger partial charge in [-0.25, -0.2) is 5.43 Å². The summed E-state index contributed by atoms with van der Waals surface area (Å²) in [6.07, 6.45) is 2.67. The van der Waals surface area contributed by atoms with Gasteiger partial charge in [0, 0.05) is 33.7 Å². The summed E-state index contributed by atoms with van der Waals surface area (Å²) in [6.45, 7) is 3.47. The van der Waals surface area contributed by atoms with Gasteiger partial charge in [-0.1, -0.05) is 36.9 Å². The molecule has 0 atom stereocenters. The standard InChI is InChI=1S/C22H20N4O2S/c1-3-17-21(22(28)26-25-17)19-12-20(16-6-4-5-7-18(16)24-19)29-15-10-8-14(9-11-15)23-13(2)27/h4-12,24H,3H2,1-2H3,(H,23,27)(H,26,28)/b21-19-. The normalized spacial score (nSPS) is 17.7. The Hall–Kier alpha value is -3.32. The van der Waals surface area contributed by atoms with Gasteiger partial charge in [0.25, 0.3) is 5.91 Å². The Morgan fingerprint density at radius 3 is 2.62 bits per heavy atom. The molecule has 2 aromatic rings. The molecule has 0 spiro atoms. The molecule has 29 heavy (non-hydrogen) atoms. The summed E-state index contributed by atoms with van der Waals surface area (Å²) in [4.78, 5) is 25.6. The molecule has 6 nitrogen and oxygen atoms in total. The second-order valence-corrected chi connectivity index (χ2v) is 7.74. The predicted molar refractivity (Wildman–Crippen MR) is 118 cm³/mol. The molecule has 7 heteroatoms. The molecule has 0 bridgehead atoms. The summed E-state index contributed by atoms with van der Waals surface area (Å²) in [6, 6.07) is 15.7. The van der Waals surface area contributed by atoms with E-state index in [0.29, 0.717) is 12.0 Å². The number of benzene rings is 2. The molecule has 2 amide bonds. The lowest BCUT2D eigenvalue weighted by atomic mass is 10.0. The molecule has 146 valence electrons. The summed E-state index contributed by atoms with van der Waals surface area (Å²) in [7, 11) is 0. The zero-order valence-electron chi connectivity index (χ0n) is 16.1. The Kier molecular flexibility index (Phi) is 5.22. The molecular weight excluding hydrogens is 384 g/mol. The molecule has 3 N–H and O–H groups in total. The Morgan fingerprint density at radius 2 is 1.90 bits per heavy atom. The topological polar surface area (TPSA) is 82.6 Å². The molecule has 4 rings (SSSR count). The van der Waals surface area contributed by atoms with Crippen molar-refractivity contribution in [3.8, 4) is 0 Å². The van der Waals surface area contributed by atoms with Crippen LogP contribution in [0.4, 0.5) is 11.4 Å². The van der Waals surface area contributed by atoms with Crippen molar-refractivity contribution in [2.24, 2.45) is 5.10 Å². The average Bonchev–Trinajstić information content (AvgIpc) is 3.09. The maximum Gasteiger partial charge on any atom is 0.275 e. The fourth-order valence-electron chi connectivity index (χ4n) is 3.25. The highest BCUT2D eigenvalue weighted by Crippen LogP contribution is 2.42. The molecule has 0 aromatic heterocycles. The van der Waals surface area contributed by atoms with E-state index in [1.807, 2.05) is 55.5 Å². The molecule has 0 saturated carbocycles. The van der Waals surface area contributed by atoms with Gasteiger partial charge >= 0.3 is 0 Å². The fraction of sp³-hybridized carbons (Fsp3) is 0.136. The third-order valence-corrected chi connectivity index (χ3v) is 5.62. The number of thioether (sulfide) groups is 1. The van der Waals surface area contributed by atoms with Gasteiger partial charge in [-0.05, 0) is 42.8 Å². The Morgan fingerprint density at radius 1 is 1.14 bits per heavy atom. The minimum atomic E-state index is -0.191. The number of nitrogens with one attached hydrogen (secondary N) is 3. The molecule has 0 aliphatic carbocycles. The number of nitrogens with zero attached hydrogens (tertiary/aromatic N) is 1. The summed E-state index contributed by atoms with van der Waals surface area (Å²) in [5.74, 6) is -0.288. The number of anilines is 2. The maximum absolute atomic E-state index is 12.4. The molecular formula is C22H20N4O2S. The molecule has 0 saturated heterocycles. The van der Waals surface area contributed by atoms with Gasteiger partial charge in [-0.15, -0.1) is 0 Å². The van der Waals surface area contributed by atoms with Crippen LogP contribution in [0, 0.1) is 0 Å². The summed E-state index contributed by atoms with van der Waals surface area (Å²) < 4.78 is 0. The van der Waals surface area contributed by atoms with Gasteiger partial charge in [0.15, 0.2) is 0 Å². The minimum absolute atomic E-state index is 0.0973. The molecule has 2 aliphatic rings. The lowest BCUT2D eigenvalue weighted by molar-refractivity contribution is -0.116. The Balaban J connectivity index is 1.71. The first-order valence-electron chi connectivity index (χ1n) is 9.30. The molecule has 0 radical (unpaired) electrons. The number of rotatable bonds is 4. The van der Waals surface area contributed by atoms with Crippen LogP contribution in [0.15, 0.2) is 75.9 Å². The highest BCUT2D eigenvalue weighted by Gasteiger charge is 2.27. The predicted octanol–water partition coefficient (Wildman–Crippen LogP) is 4.35. The van der Waals surface area contributed by atoms with Crippen LogP contribution in [0.2, 0.25) is 0 Å². The van der Waals surface area contributed by atoms with Crippen molar-refractivity contribution in [1.29, 1.82) is 0 Å². The number of amides is 2. The van der Waals surface area contributed by atoms with Crippen molar-refractivity contribution >= 4 is 45.6 Å². The number of fused-ring (bicyclic) bond motifs is 1. The zero-order chi connectivity index (χ0) is 20.4. The van der Waals surface area contributed by atoms with Gasteiger partial charge < -0.3 is 10.6 Å². The quantitative estimate of drug-likeness (QED) is 0.662. The van der Waals surface area contributed by atoms with E-state index in [1.54, 1.807) is 11.8 Å². The highest BCUT2D eigenvalue weighted by atomic mass is 32.2. The maximum atomic E-state index is 12.4. The number of hydrogen-bond acceptors (Lipinski definition) is 5. The summed E-state index contributed by atoms with van der Waals surface area (Å²) in [5.41, 5.74) is 7.42. The summed E-state index contributed by atoms with van der Waals surface area (Å²) in [5, 5.41) is 10.3. The van der Waals surface area contributed by atoms with Gasteiger partial charge in [0.05, 0.1) is 17.0 Å². The average molecular weight is 404 g/mol. The molecule has 2 heterocycles. The van der Waals surface area contributed by atoms with Crippen molar-refractivity contribution in [3.63, 3.8) is 0 Å². The van der Waals surface area contributed by atoms with Crippen LogP contribution in [0.5, 0.6) is 0 Å². The molecule has 2 aliphatic heterocycles. The van der Waals surface area contributed by atoms with Gasteiger partial charge in [-0.2, -0.15) is 5.10 Å². The van der Waals surface area contributed by atoms with E-state index >= 15 is 0 Å². The van der Waals surface area contributed by atoms with Crippen molar-refractivity contribution in [1.82, 2.24) is 5.43 Å². The first-order chi connectivity index (χ1) is 14.0. The lowest BCUT2D eigenvalue weighted by Gasteiger charge is -2.22. The molecule has 2 aromatic carbocycles. The number of allylic oxidation sites excluding steroid dienone is 1. The Labute approximate surface area is 173 Å². The van der Waals surface area contributed by atoms with Crippen LogP contribution in [0.25, 0.3) is 4.91 Å². The van der Waals surface area contributed by atoms with Crippen LogP contribution in [-0.2, 0) is 9.59 Å². The van der Waals surface area contributed by atoms with Crippen molar-refractivity contribution in [2.45, 2.75) is 25.2 Å². The minimum Gasteiger partial charge on any atom is -0.354 e. The number of hydrazone groups is 1. The largest absolute Gasteiger partial charge is 0.354 e. The van der Waals surface area contributed by atoms with E-state index in [-0.39, 0.29) is 11.8 Å². The van der Waals surface area contributed by atoms with Crippen molar-refractivity contribution in [3.05, 3.63) is 71.4 Å². The van der Waals surface area contributed by atoms with E-state index in [0.717, 1.165) is 38.1 Å². The van der Waals surface area contributed by atoms with Crippen LogP contribution >= 0.6 is 11.8 Å². The SMILES string of the molecule is CCC1=NNC(=O)/C1=C1/C=C(Sc2ccc(NC(C)=O)cc2)c2ccccc2N1. The van der Waals surface area contributed by atoms with E-state index in [1.165, 1.54) is 6.92 Å². The van der Waals surface area contributed by atoms with Crippen molar-refractivity contribution < 1.29 is 9.59 Å². The van der Waals surface area contributed by atoms with E-state index in [4.69, 9.17) is 0 Å². The van der Waals surface area contributed by atoms with E-state index < -0.39 is 0 Å². The monoisotopic (exact) mass is 404 g/mol. The van der Waals surface area contributed by atoms with E-state index in [2.05, 4.69) is 27.2 Å². The van der Waals surface area contributed by atoms with E-state index in [9.17, 15) is 9.59 Å². The van der Waals surface area contributed by atoms with Crippen LogP contribution in [0.3, 0.4) is 0 Å². The van der Waals surface area contributed by atoms with Gasteiger partial charge in [-0.3, -0.25) is 9.59 Å². The molecule has 0 fully saturated rings. The number of hydrogen-bond donors (Lipinski definition) is 3. The number of carbonyl (C=O) groups excluding carboxylic acids is 2. The third-order valence-electron chi connectivity index (χ3n) is 4.55. The molecule has 0 unspecified atom stereocenters. The highest BCUT2D eigenvalue weighted by molar-refractivity contribution is 8.08. The lowest BCUT2D eigenvalue weighted by Crippen LogP contribution is -2.19. The Bertz CT molecular complexity index is 1080. The van der Waals surface area contributed by atoms with Crippen molar-refractivity contribution in [2.75, 3.05) is 10.6 Å². The first kappa shape index (κ1) is 19.0. The third kappa shape index (κ3) is 3.95. The van der Waals surface area contributed by atoms with Crippen LogP contribution < -0.4 is 16.1 Å². The fourth-order valence-corrected chi connectivity index (χ4v) is 4.24. The second kappa shape index (κ2) is 7.97. The van der Waals surface area contributed by atoms with Gasteiger partial charge in [0.1, 0.15) is 0 Å². The second-order valence-electron chi connectivity index (χ2n) is 6.63. The summed E-state index contributed by atoms with van der Waals surface area (Å²) >= 11 is 1.61. The first-order valence-corrected chi connectivity index (χ1v) is 10.1. The van der Waals surface area contributed by atoms with Crippen LogP contribution in [0.1, 0.15) is 25.8 Å².